The predicted octanol–water partition coefficient (Wildman–Crippen LogP) is 2.16. The van der Waals surface area contributed by atoms with Crippen LogP contribution in [-0.4, -0.2) is 58.3 Å². The van der Waals surface area contributed by atoms with E-state index in [1.165, 1.54) is 44.5 Å². The van der Waals surface area contributed by atoms with Crippen LogP contribution in [-0.2, 0) is 13.5 Å². The Kier molecular flexibility index (Phi) is 5.61. The lowest BCUT2D eigenvalue weighted by Crippen LogP contribution is -2.48. The number of piperidine rings is 1. The van der Waals surface area contributed by atoms with Gasteiger partial charge in [0.05, 0.1) is 6.20 Å². The second-order valence-corrected chi connectivity index (χ2v) is 6.26. The fourth-order valence-corrected chi connectivity index (χ4v) is 3.38. The Bertz CT molecular complexity index is 401. The molecule has 0 spiro atoms. The maximum Gasteiger partial charge on any atom is 0.0521 e. The van der Waals surface area contributed by atoms with Crippen molar-refractivity contribution in [2.75, 3.05) is 26.7 Å². The Hall–Kier alpha value is -0.870. The molecular weight excluding hydrogens is 248 g/mol. The highest BCUT2D eigenvalue weighted by atomic mass is 15.2. The smallest absolute Gasteiger partial charge is 0.0521 e. The summed E-state index contributed by atoms with van der Waals surface area (Å²) in [7, 11) is 4.28. The van der Waals surface area contributed by atoms with Gasteiger partial charge < -0.3 is 9.80 Å². The topological polar surface area (TPSA) is 24.3 Å². The lowest BCUT2D eigenvalue weighted by molar-refractivity contribution is 0.0893. The Morgan fingerprint density at radius 1 is 1.45 bits per heavy atom. The number of hydrogen-bond acceptors (Lipinski definition) is 3. The largest absolute Gasteiger partial charge is 0.303 e. The zero-order valence-corrected chi connectivity index (χ0v) is 13.5. The highest BCUT2D eigenvalue weighted by Crippen LogP contribution is 2.21. The molecule has 0 N–H and O–H groups in total. The molecule has 1 aliphatic heterocycles. The van der Waals surface area contributed by atoms with Crippen molar-refractivity contribution >= 4 is 0 Å². The third kappa shape index (κ3) is 4.06. The molecule has 0 radical (unpaired) electrons. The summed E-state index contributed by atoms with van der Waals surface area (Å²) in [6.45, 7) is 8.29. The van der Waals surface area contributed by atoms with Gasteiger partial charge in [-0.3, -0.25) is 4.68 Å². The van der Waals surface area contributed by atoms with Crippen LogP contribution in [0.15, 0.2) is 12.4 Å². The summed E-state index contributed by atoms with van der Waals surface area (Å²) in [5, 5.41) is 4.23. The fourth-order valence-electron chi connectivity index (χ4n) is 3.38. The van der Waals surface area contributed by atoms with Gasteiger partial charge >= 0.3 is 0 Å². The summed E-state index contributed by atoms with van der Waals surface area (Å²) in [5.74, 6) is 0. The molecule has 4 heteroatoms. The summed E-state index contributed by atoms with van der Waals surface area (Å²) in [6.07, 6.45) is 9.12. The first-order valence-electron chi connectivity index (χ1n) is 8.02. The van der Waals surface area contributed by atoms with E-state index in [0.717, 1.165) is 18.5 Å². The first-order chi connectivity index (χ1) is 9.60. The number of likely N-dealkylation sites (tertiary alicyclic amines) is 1. The SMILES string of the molecule is CCN1CC[C@@H](N(C)CCCc2cnn(C)c2)C[C@H]1C. The first-order valence-corrected chi connectivity index (χ1v) is 8.02. The van der Waals surface area contributed by atoms with Crippen LogP contribution in [0.5, 0.6) is 0 Å². The van der Waals surface area contributed by atoms with Gasteiger partial charge in [0.15, 0.2) is 0 Å². The second kappa shape index (κ2) is 7.23. The molecule has 114 valence electrons. The van der Waals surface area contributed by atoms with Gasteiger partial charge in [0.1, 0.15) is 0 Å². The van der Waals surface area contributed by atoms with Crippen molar-refractivity contribution in [2.24, 2.45) is 7.05 Å². The van der Waals surface area contributed by atoms with Crippen LogP contribution in [0.1, 0.15) is 38.7 Å². The molecule has 1 aliphatic rings. The molecule has 4 nitrogen and oxygen atoms in total. The highest BCUT2D eigenvalue weighted by molar-refractivity contribution is 5.03. The molecule has 1 saturated heterocycles. The van der Waals surface area contributed by atoms with Crippen molar-refractivity contribution in [3.8, 4) is 0 Å². The van der Waals surface area contributed by atoms with Crippen molar-refractivity contribution in [3.63, 3.8) is 0 Å². The van der Waals surface area contributed by atoms with Crippen LogP contribution in [0, 0.1) is 0 Å². The quantitative estimate of drug-likeness (QED) is 0.797. The average molecular weight is 278 g/mol. The molecule has 0 aliphatic carbocycles. The van der Waals surface area contributed by atoms with Gasteiger partial charge in [0, 0.05) is 25.3 Å². The van der Waals surface area contributed by atoms with Gasteiger partial charge in [0.25, 0.3) is 0 Å². The number of rotatable bonds is 6. The number of nitrogens with zero attached hydrogens (tertiary/aromatic N) is 4. The van der Waals surface area contributed by atoms with E-state index in [0.29, 0.717) is 0 Å². The molecule has 2 heterocycles. The molecule has 0 aromatic carbocycles. The zero-order chi connectivity index (χ0) is 14.5. The Morgan fingerprint density at radius 2 is 2.25 bits per heavy atom. The van der Waals surface area contributed by atoms with Crippen LogP contribution < -0.4 is 0 Å². The third-order valence-corrected chi connectivity index (χ3v) is 4.75. The third-order valence-electron chi connectivity index (χ3n) is 4.75. The Balaban J connectivity index is 1.71. The van der Waals surface area contributed by atoms with Gasteiger partial charge in [-0.1, -0.05) is 6.92 Å². The van der Waals surface area contributed by atoms with Gasteiger partial charge in [-0.2, -0.15) is 5.10 Å². The summed E-state index contributed by atoms with van der Waals surface area (Å²) in [6, 6.07) is 1.50. The van der Waals surface area contributed by atoms with Crippen molar-refractivity contribution in [2.45, 2.75) is 51.6 Å². The molecule has 1 aromatic rings. The average Bonchev–Trinajstić information content (AvgIpc) is 2.84. The maximum atomic E-state index is 4.23. The highest BCUT2D eigenvalue weighted by Gasteiger charge is 2.26. The van der Waals surface area contributed by atoms with Crippen molar-refractivity contribution in [3.05, 3.63) is 18.0 Å². The summed E-state index contributed by atoms with van der Waals surface area (Å²) < 4.78 is 1.89. The van der Waals surface area contributed by atoms with Gasteiger partial charge in [-0.25, -0.2) is 0 Å². The van der Waals surface area contributed by atoms with Crippen molar-refractivity contribution < 1.29 is 0 Å². The van der Waals surface area contributed by atoms with E-state index in [9.17, 15) is 0 Å². The van der Waals surface area contributed by atoms with Gasteiger partial charge in [-0.05, 0) is 64.9 Å². The molecule has 0 saturated carbocycles. The van der Waals surface area contributed by atoms with E-state index in [1.54, 1.807) is 0 Å². The van der Waals surface area contributed by atoms with E-state index < -0.39 is 0 Å². The number of hydrogen-bond donors (Lipinski definition) is 0. The lowest BCUT2D eigenvalue weighted by atomic mass is 9.97. The minimum absolute atomic E-state index is 0.736. The summed E-state index contributed by atoms with van der Waals surface area (Å²) in [4.78, 5) is 5.17. The van der Waals surface area contributed by atoms with Crippen LogP contribution in [0.25, 0.3) is 0 Å². The number of aromatic nitrogens is 2. The van der Waals surface area contributed by atoms with E-state index in [2.05, 4.69) is 42.0 Å². The number of aryl methyl sites for hydroxylation is 2. The van der Waals surface area contributed by atoms with Crippen molar-refractivity contribution in [1.29, 1.82) is 0 Å². The molecule has 20 heavy (non-hydrogen) atoms. The molecule has 1 fully saturated rings. The van der Waals surface area contributed by atoms with Gasteiger partial charge in [-0.15, -0.1) is 0 Å². The van der Waals surface area contributed by atoms with E-state index in [1.807, 2.05) is 17.9 Å². The molecule has 0 amide bonds. The normalized spacial score (nSPS) is 24.4. The summed E-state index contributed by atoms with van der Waals surface area (Å²) in [5.41, 5.74) is 1.36. The molecule has 2 rings (SSSR count). The van der Waals surface area contributed by atoms with Crippen LogP contribution in [0.4, 0.5) is 0 Å². The zero-order valence-electron chi connectivity index (χ0n) is 13.5. The monoisotopic (exact) mass is 278 g/mol. The van der Waals surface area contributed by atoms with Crippen molar-refractivity contribution in [1.82, 2.24) is 19.6 Å². The van der Waals surface area contributed by atoms with E-state index >= 15 is 0 Å². The molecule has 0 unspecified atom stereocenters. The second-order valence-electron chi connectivity index (χ2n) is 6.26. The van der Waals surface area contributed by atoms with Crippen LogP contribution in [0.3, 0.4) is 0 Å². The Morgan fingerprint density at radius 3 is 2.85 bits per heavy atom. The molecular formula is C16H30N4. The van der Waals surface area contributed by atoms with E-state index in [4.69, 9.17) is 0 Å². The summed E-state index contributed by atoms with van der Waals surface area (Å²) >= 11 is 0. The minimum atomic E-state index is 0.736. The predicted molar refractivity (Wildman–Crippen MR) is 83.9 cm³/mol. The first kappa shape index (κ1) is 15.5. The maximum absolute atomic E-state index is 4.23. The van der Waals surface area contributed by atoms with Crippen LogP contribution >= 0.6 is 0 Å². The van der Waals surface area contributed by atoms with Gasteiger partial charge in [0.2, 0.25) is 0 Å². The Labute approximate surface area is 123 Å². The molecule has 1 aromatic heterocycles. The fraction of sp³-hybridized carbons (Fsp3) is 0.812. The molecule has 0 bridgehead atoms. The minimum Gasteiger partial charge on any atom is -0.303 e. The van der Waals surface area contributed by atoms with E-state index in [-0.39, 0.29) is 0 Å². The van der Waals surface area contributed by atoms with Crippen LogP contribution in [0.2, 0.25) is 0 Å². The standard InChI is InChI=1S/C16H30N4/c1-5-20-10-8-16(11-14(20)2)18(3)9-6-7-15-12-17-19(4)13-15/h12-14,16H,5-11H2,1-4H3/t14-,16-/m1/s1. The molecule has 2 atom stereocenters. The lowest BCUT2D eigenvalue weighted by Gasteiger charge is -2.40.